The lowest BCUT2D eigenvalue weighted by atomic mass is 9.88. The first kappa shape index (κ1) is 28.9. The third-order valence-corrected chi connectivity index (χ3v) is 7.83. The van der Waals surface area contributed by atoms with Gasteiger partial charge in [0.05, 0.1) is 35.7 Å². The van der Waals surface area contributed by atoms with Crippen LogP contribution in [0.2, 0.25) is 5.02 Å². The van der Waals surface area contributed by atoms with Crippen molar-refractivity contribution in [3.05, 3.63) is 87.7 Å². The molecule has 7 nitrogen and oxygen atoms in total. The lowest BCUT2D eigenvalue weighted by Gasteiger charge is -2.31. The van der Waals surface area contributed by atoms with Gasteiger partial charge in [-0.15, -0.1) is 0 Å². The number of halogens is 3. The van der Waals surface area contributed by atoms with E-state index in [1.165, 1.54) is 37.4 Å². The van der Waals surface area contributed by atoms with Gasteiger partial charge in [-0.05, 0) is 88.1 Å². The number of carbonyl (C=O) groups is 1. The Bertz CT molecular complexity index is 1650. The van der Waals surface area contributed by atoms with Crippen LogP contribution in [0.1, 0.15) is 53.9 Å². The molecular weight excluding hydrogens is 552 g/mol. The van der Waals surface area contributed by atoms with Crippen molar-refractivity contribution in [2.45, 2.75) is 44.8 Å². The SMILES string of the molecule is COc1cc(C(=O)NCC(O)(c2cc(C(C)(C)O)c(Cl)c(-c3ccc(F)cc3)n2)C2CC2)cc2cc(C)c(F)nc12. The number of ether oxygens (including phenoxy) is 1. The van der Waals surface area contributed by atoms with Crippen molar-refractivity contribution in [1.82, 2.24) is 15.3 Å². The van der Waals surface area contributed by atoms with E-state index in [0.29, 0.717) is 40.4 Å². The van der Waals surface area contributed by atoms with Crippen LogP contribution in [0.15, 0.2) is 48.5 Å². The minimum absolute atomic E-state index is 0.179. The third kappa shape index (κ3) is 5.62. The number of hydrogen-bond donors (Lipinski definition) is 3. The lowest BCUT2D eigenvalue weighted by Crippen LogP contribution is -2.43. The molecular formula is C31H30ClF2N3O4. The van der Waals surface area contributed by atoms with Crippen LogP contribution < -0.4 is 10.1 Å². The topological polar surface area (TPSA) is 105 Å². The summed E-state index contributed by atoms with van der Waals surface area (Å²) >= 11 is 6.68. The number of nitrogens with zero attached hydrogens (tertiary/aromatic N) is 2. The highest BCUT2D eigenvalue weighted by atomic mass is 35.5. The Hall–Kier alpha value is -3.66. The van der Waals surface area contributed by atoms with E-state index in [1.54, 1.807) is 39.0 Å². The van der Waals surface area contributed by atoms with Crippen molar-refractivity contribution in [3.63, 3.8) is 0 Å². The number of rotatable bonds is 8. The molecule has 1 fully saturated rings. The number of methoxy groups -OCH3 is 1. The summed E-state index contributed by atoms with van der Waals surface area (Å²) in [5, 5.41) is 26.4. The van der Waals surface area contributed by atoms with Crippen molar-refractivity contribution in [3.8, 4) is 17.0 Å². The smallest absolute Gasteiger partial charge is 0.251 e. The third-order valence-electron chi connectivity index (χ3n) is 7.44. The fourth-order valence-corrected chi connectivity index (χ4v) is 5.38. The molecule has 0 spiro atoms. The van der Waals surface area contributed by atoms with E-state index in [-0.39, 0.29) is 40.2 Å². The predicted molar refractivity (Wildman–Crippen MR) is 152 cm³/mol. The van der Waals surface area contributed by atoms with E-state index in [4.69, 9.17) is 16.3 Å². The van der Waals surface area contributed by atoms with E-state index < -0.39 is 28.9 Å². The average molecular weight is 582 g/mol. The number of aryl methyl sites for hydroxylation is 1. The molecule has 4 aromatic rings. The van der Waals surface area contributed by atoms with E-state index in [9.17, 15) is 23.8 Å². The summed E-state index contributed by atoms with van der Waals surface area (Å²) in [4.78, 5) is 22.0. The monoisotopic (exact) mass is 581 g/mol. The molecule has 0 bridgehead atoms. The first-order chi connectivity index (χ1) is 19.3. The maximum absolute atomic E-state index is 14.1. The van der Waals surface area contributed by atoms with Gasteiger partial charge < -0.3 is 20.3 Å². The zero-order valence-electron chi connectivity index (χ0n) is 23.1. The van der Waals surface area contributed by atoms with Gasteiger partial charge in [0.2, 0.25) is 5.95 Å². The van der Waals surface area contributed by atoms with Gasteiger partial charge in [0, 0.05) is 27.6 Å². The summed E-state index contributed by atoms with van der Waals surface area (Å²) in [5.41, 5.74) is -0.755. The lowest BCUT2D eigenvalue weighted by molar-refractivity contribution is 0.00889. The molecule has 3 N–H and O–H groups in total. The highest BCUT2D eigenvalue weighted by Gasteiger charge is 2.47. The highest BCUT2D eigenvalue weighted by molar-refractivity contribution is 6.34. The molecule has 1 aliphatic carbocycles. The van der Waals surface area contributed by atoms with E-state index in [1.807, 2.05) is 0 Å². The van der Waals surface area contributed by atoms with Crippen LogP contribution in [0.5, 0.6) is 5.75 Å². The van der Waals surface area contributed by atoms with Crippen LogP contribution in [0.25, 0.3) is 22.2 Å². The van der Waals surface area contributed by atoms with Gasteiger partial charge >= 0.3 is 0 Å². The number of benzene rings is 2. The van der Waals surface area contributed by atoms with Crippen molar-refractivity contribution in [1.29, 1.82) is 0 Å². The summed E-state index contributed by atoms with van der Waals surface area (Å²) in [5.74, 6) is -1.50. The Morgan fingerprint density at radius 3 is 2.39 bits per heavy atom. The van der Waals surface area contributed by atoms with Crippen molar-refractivity contribution < 1.29 is 28.5 Å². The first-order valence-electron chi connectivity index (χ1n) is 13.2. The molecule has 2 aromatic heterocycles. The molecule has 1 aliphatic rings. The normalized spacial score (nSPS) is 15.0. The van der Waals surface area contributed by atoms with Gasteiger partial charge in [-0.3, -0.25) is 4.79 Å². The number of carbonyl (C=O) groups excluding carboxylic acids is 1. The number of amides is 1. The van der Waals surface area contributed by atoms with Crippen molar-refractivity contribution >= 4 is 28.4 Å². The van der Waals surface area contributed by atoms with E-state index in [2.05, 4.69) is 15.3 Å². The van der Waals surface area contributed by atoms with Crippen LogP contribution in [0.4, 0.5) is 8.78 Å². The molecule has 1 atom stereocenters. The second-order valence-corrected chi connectivity index (χ2v) is 11.4. The zero-order valence-corrected chi connectivity index (χ0v) is 23.8. The van der Waals surface area contributed by atoms with Crippen LogP contribution >= 0.6 is 11.6 Å². The molecule has 1 unspecified atom stereocenters. The van der Waals surface area contributed by atoms with Crippen molar-refractivity contribution in [2.75, 3.05) is 13.7 Å². The summed E-state index contributed by atoms with van der Waals surface area (Å²) in [6, 6.07) is 11.8. The van der Waals surface area contributed by atoms with Crippen LogP contribution in [0, 0.1) is 24.6 Å². The maximum atomic E-state index is 14.1. The zero-order chi connectivity index (χ0) is 29.7. The maximum Gasteiger partial charge on any atom is 0.251 e. The molecule has 0 aliphatic heterocycles. The number of aromatic nitrogens is 2. The average Bonchev–Trinajstić information content (AvgIpc) is 3.78. The second-order valence-electron chi connectivity index (χ2n) is 11.0. The number of pyridine rings is 2. The molecule has 2 aromatic carbocycles. The molecule has 10 heteroatoms. The van der Waals surface area contributed by atoms with Crippen molar-refractivity contribution in [2.24, 2.45) is 5.92 Å². The molecule has 41 heavy (non-hydrogen) atoms. The minimum atomic E-state index is -1.59. The highest BCUT2D eigenvalue weighted by Crippen LogP contribution is 2.47. The van der Waals surface area contributed by atoms with Crippen LogP contribution in [-0.2, 0) is 11.2 Å². The van der Waals surface area contributed by atoms with Crippen LogP contribution in [0.3, 0.4) is 0 Å². The summed E-state index contributed by atoms with van der Waals surface area (Å²) in [7, 11) is 1.41. The molecule has 0 saturated heterocycles. The van der Waals surface area contributed by atoms with E-state index in [0.717, 1.165) is 0 Å². The second kappa shape index (κ2) is 10.6. The molecule has 1 amide bonds. The molecule has 2 heterocycles. The quantitative estimate of drug-likeness (QED) is 0.227. The predicted octanol–water partition coefficient (Wildman–Crippen LogP) is 5.80. The van der Waals surface area contributed by atoms with Gasteiger partial charge in [0.25, 0.3) is 5.91 Å². The summed E-state index contributed by atoms with van der Waals surface area (Å²) < 4.78 is 33.1. The Kier molecular flexibility index (Phi) is 7.48. The Morgan fingerprint density at radius 2 is 1.78 bits per heavy atom. The van der Waals surface area contributed by atoms with Gasteiger partial charge in [-0.2, -0.15) is 4.39 Å². The first-order valence-corrected chi connectivity index (χ1v) is 13.5. The van der Waals surface area contributed by atoms with Gasteiger partial charge in [0.15, 0.2) is 0 Å². The largest absolute Gasteiger partial charge is 0.494 e. The summed E-state index contributed by atoms with van der Waals surface area (Å²) in [6.45, 7) is 4.54. The number of hydrogen-bond acceptors (Lipinski definition) is 6. The molecule has 1 saturated carbocycles. The molecule has 214 valence electrons. The van der Waals surface area contributed by atoms with Gasteiger partial charge in [-0.1, -0.05) is 11.6 Å². The fourth-order valence-electron chi connectivity index (χ4n) is 4.94. The minimum Gasteiger partial charge on any atom is -0.494 e. The van der Waals surface area contributed by atoms with Crippen LogP contribution in [-0.4, -0.2) is 39.7 Å². The standard InChI is InChI=1S/C31H30ClF2N3O4/c1-16-11-18-12-19(13-23(41-4)26(18)37-28(16)34)29(38)35-15-31(40,20-7-8-20)24-14-22(30(2,3)39)25(32)27(36-24)17-5-9-21(33)10-6-17/h5-6,9-14,20,39-40H,7-8,15H2,1-4H3,(H,35,38). The number of fused-ring (bicyclic) bond motifs is 1. The molecule has 5 rings (SSSR count). The summed E-state index contributed by atoms with van der Waals surface area (Å²) in [6.07, 6.45) is 1.42. The van der Waals surface area contributed by atoms with Gasteiger partial charge in [0.1, 0.15) is 22.7 Å². The Morgan fingerprint density at radius 1 is 1.10 bits per heavy atom. The van der Waals surface area contributed by atoms with E-state index >= 15 is 0 Å². The number of nitrogens with one attached hydrogen (secondary N) is 1. The fraction of sp³-hybridized carbons (Fsp3) is 0.323. The Labute approximate surface area is 241 Å². The van der Waals surface area contributed by atoms with Gasteiger partial charge in [-0.25, -0.2) is 14.4 Å². The molecule has 0 radical (unpaired) electrons. The number of aliphatic hydroxyl groups is 2. The Balaban J connectivity index is 1.52.